The predicted molar refractivity (Wildman–Crippen MR) is 99.6 cm³/mol. The summed E-state index contributed by atoms with van der Waals surface area (Å²) in [6.07, 6.45) is 1.68. The van der Waals surface area contributed by atoms with Crippen LogP contribution < -0.4 is 14.8 Å². The number of fused-ring (bicyclic) bond motifs is 1. The van der Waals surface area contributed by atoms with E-state index in [1.807, 2.05) is 55.5 Å². The normalized spacial score (nSPS) is 13.8. The first kappa shape index (κ1) is 17.1. The fourth-order valence-electron chi connectivity index (χ4n) is 2.97. The molecule has 0 radical (unpaired) electrons. The van der Waals surface area contributed by atoms with Gasteiger partial charge in [-0.1, -0.05) is 24.3 Å². The molecule has 27 heavy (non-hydrogen) atoms. The summed E-state index contributed by atoms with van der Waals surface area (Å²) in [6.45, 7) is 3.02. The lowest BCUT2D eigenvalue weighted by Gasteiger charge is -2.21. The highest BCUT2D eigenvalue weighted by atomic mass is 16.6. The standard InChI is InChI=1S/C21H20N2O4/c1-14(16-7-8-18-19(11-16)26-10-9-25-18)22-20(24)12-17-13-27-21(23-17)15-5-3-2-4-6-15/h2-8,11,13-14H,9-10,12H2,1H3,(H,22,24). The molecule has 6 heteroatoms. The minimum Gasteiger partial charge on any atom is -0.486 e. The zero-order valence-electron chi connectivity index (χ0n) is 15.0. The Balaban J connectivity index is 1.39. The quantitative estimate of drug-likeness (QED) is 0.750. The molecular formula is C21H20N2O4. The van der Waals surface area contributed by atoms with E-state index in [9.17, 15) is 4.79 Å². The van der Waals surface area contributed by atoms with Gasteiger partial charge in [0.15, 0.2) is 11.5 Å². The summed E-state index contributed by atoms with van der Waals surface area (Å²) in [4.78, 5) is 16.8. The summed E-state index contributed by atoms with van der Waals surface area (Å²) in [7, 11) is 0. The number of carbonyl (C=O) groups is 1. The highest BCUT2D eigenvalue weighted by molar-refractivity contribution is 5.78. The van der Waals surface area contributed by atoms with Crippen molar-refractivity contribution in [1.82, 2.24) is 10.3 Å². The minimum atomic E-state index is -0.158. The van der Waals surface area contributed by atoms with E-state index in [1.54, 1.807) is 0 Å². The number of carbonyl (C=O) groups excluding carboxylic acids is 1. The van der Waals surface area contributed by atoms with Crippen LogP contribution in [0.1, 0.15) is 24.2 Å². The number of nitrogens with one attached hydrogen (secondary N) is 1. The summed E-state index contributed by atoms with van der Waals surface area (Å²) in [5.74, 6) is 1.84. The summed E-state index contributed by atoms with van der Waals surface area (Å²) in [6, 6.07) is 15.1. The van der Waals surface area contributed by atoms with Crippen molar-refractivity contribution >= 4 is 5.91 Å². The third kappa shape index (κ3) is 3.95. The Hall–Kier alpha value is -3.28. The molecule has 1 unspecified atom stereocenters. The van der Waals surface area contributed by atoms with Gasteiger partial charge in [0.1, 0.15) is 19.5 Å². The van der Waals surface area contributed by atoms with E-state index in [1.165, 1.54) is 6.26 Å². The van der Waals surface area contributed by atoms with E-state index in [0.717, 1.165) is 16.9 Å². The Morgan fingerprint density at radius 2 is 1.89 bits per heavy atom. The first-order valence-corrected chi connectivity index (χ1v) is 8.88. The van der Waals surface area contributed by atoms with Crippen molar-refractivity contribution in [3.8, 4) is 23.0 Å². The van der Waals surface area contributed by atoms with Gasteiger partial charge in [-0.25, -0.2) is 4.98 Å². The third-order valence-corrected chi connectivity index (χ3v) is 4.36. The number of rotatable bonds is 5. The van der Waals surface area contributed by atoms with Crippen molar-refractivity contribution in [1.29, 1.82) is 0 Å². The van der Waals surface area contributed by atoms with Crippen molar-refractivity contribution in [3.63, 3.8) is 0 Å². The molecule has 1 atom stereocenters. The van der Waals surface area contributed by atoms with Gasteiger partial charge in [0.05, 0.1) is 18.2 Å². The van der Waals surface area contributed by atoms with E-state index >= 15 is 0 Å². The summed E-state index contributed by atoms with van der Waals surface area (Å²) < 4.78 is 16.6. The monoisotopic (exact) mass is 364 g/mol. The van der Waals surface area contributed by atoms with Gasteiger partial charge in [0.25, 0.3) is 0 Å². The average Bonchev–Trinajstić information content (AvgIpc) is 3.16. The van der Waals surface area contributed by atoms with Gasteiger partial charge in [0.2, 0.25) is 11.8 Å². The highest BCUT2D eigenvalue weighted by Gasteiger charge is 2.17. The lowest BCUT2D eigenvalue weighted by Crippen LogP contribution is -2.28. The number of benzene rings is 2. The summed E-state index contributed by atoms with van der Waals surface area (Å²) in [5, 5.41) is 2.98. The molecule has 2 heterocycles. The highest BCUT2D eigenvalue weighted by Crippen LogP contribution is 2.32. The van der Waals surface area contributed by atoms with Crippen molar-refractivity contribution in [3.05, 3.63) is 66.1 Å². The van der Waals surface area contributed by atoms with E-state index < -0.39 is 0 Å². The van der Waals surface area contributed by atoms with Gasteiger partial charge in [-0.2, -0.15) is 0 Å². The van der Waals surface area contributed by atoms with Gasteiger partial charge in [0, 0.05) is 5.56 Å². The molecule has 3 aromatic rings. The summed E-state index contributed by atoms with van der Waals surface area (Å²) in [5.41, 5.74) is 2.44. The molecule has 0 saturated heterocycles. The van der Waals surface area contributed by atoms with E-state index in [4.69, 9.17) is 13.9 Å². The van der Waals surface area contributed by atoms with Gasteiger partial charge in [-0.05, 0) is 36.8 Å². The molecule has 1 aliphatic heterocycles. The maximum Gasteiger partial charge on any atom is 0.226 e. The molecule has 138 valence electrons. The number of oxazole rings is 1. The zero-order chi connectivity index (χ0) is 18.6. The first-order chi connectivity index (χ1) is 13.2. The van der Waals surface area contributed by atoms with Gasteiger partial charge in [-0.15, -0.1) is 0 Å². The number of nitrogens with zero attached hydrogens (tertiary/aromatic N) is 1. The fourth-order valence-corrected chi connectivity index (χ4v) is 2.97. The Morgan fingerprint density at radius 1 is 1.11 bits per heavy atom. The van der Waals surface area contributed by atoms with Crippen LogP contribution in [0.5, 0.6) is 11.5 Å². The van der Waals surface area contributed by atoms with Gasteiger partial charge < -0.3 is 19.2 Å². The smallest absolute Gasteiger partial charge is 0.226 e. The number of hydrogen-bond donors (Lipinski definition) is 1. The lowest BCUT2D eigenvalue weighted by atomic mass is 10.1. The van der Waals surface area contributed by atoms with Crippen LogP contribution in [0.25, 0.3) is 11.5 Å². The third-order valence-electron chi connectivity index (χ3n) is 4.36. The number of aromatic nitrogens is 1. The van der Waals surface area contributed by atoms with Crippen LogP contribution in [-0.2, 0) is 11.2 Å². The lowest BCUT2D eigenvalue weighted by molar-refractivity contribution is -0.121. The number of amides is 1. The zero-order valence-corrected chi connectivity index (χ0v) is 15.0. The van der Waals surface area contributed by atoms with Crippen LogP contribution in [0.3, 0.4) is 0 Å². The van der Waals surface area contributed by atoms with E-state index in [0.29, 0.717) is 30.5 Å². The topological polar surface area (TPSA) is 73.6 Å². The van der Waals surface area contributed by atoms with E-state index in [-0.39, 0.29) is 18.4 Å². The fraction of sp³-hybridized carbons (Fsp3) is 0.238. The molecule has 0 saturated carbocycles. The molecule has 1 amide bonds. The molecule has 4 rings (SSSR count). The minimum absolute atomic E-state index is 0.120. The van der Waals surface area contributed by atoms with Crippen molar-refractivity contribution in [2.45, 2.75) is 19.4 Å². The van der Waals surface area contributed by atoms with Crippen LogP contribution in [-0.4, -0.2) is 24.1 Å². The van der Waals surface area contributed by atoms with Crippen LogP contribution in [0.4, 0.5) is 0 Å². The van der Waals surface area contributed by atoms with Crippen molar-refractivity contribution < 1.29 is 18.7 Å². The molecule has 0 aliphatic carbocycles. The molecule has 6 nitrogen and oxygen atoms in total. The second kappa shape index (κ2) is 7.53. The molecular weight excluding hydrogens is 344 g/mol. The maximum absolute atomic E-state index is 12.4. The largest absolute Gasteiger partial charge is 0.486 e. The molecule has 2 aromatic carbocycles. The average molecular weight is 364 g/mol. The van der Waals surface area contributed by atoms with Gasteiger partial charge >= 0.3 is 0 Å². The number of ether oxygens (including phenoxy) is 2. The molecule has 1 N–H and O–H groups in total. The Bertz CT molecular complexity index is 936. The van der Waals surface area contributed by atoms with Crippen molar-refractivity contribution in [2.24, 2.45) is 0 Å². The van der Waals surface area contributed by atoms with Crippen LogP contribution in [0.15, 0.2) is 59.2 Å². The van der Waals surface area contributed by atoms with Crippen molar-refractivity contribution in [2.75, 3.05) is 13.2 Å². The molecule has 0 fully saturated rings. The summed E-state index contributed by atoms with van der Waals surface area (Å²) >= 11 is 0. The molecule has 1 aliphatic rings. The maximum atomic E-state index is 12.4. The molecule has 0 bridgehead atoms. The van der Waals surface area contributed by atoms with Crippen LogP contribution >= 0.6 is 0 Å². The predicted octanol–water partition coefficient (Wildman–Crippen LogP) is 3.53. The Kier molecular flexibility index (Phi) is 4.78. The van der Waals surface area contributed by atoms with E-state index in [2.05, 4.69) is 10.3 Å². The second-order valence-corrected chi connectivity index (χ2v) is 6.38. The molecule has 1 aromatic heterocycles. The second-order valence-electron chi connectivity index (χ2n) is 6.38. The number of hydrogen-bond acceptors (Lipinski definition) is 5. The van der Waals surface area contributed by atoms with Gasteiger partial charge in [-0.3, -0.25) is 4.79 Å². The van der Waals surface area contributed by atoms with Crippen LogP contribution in [0.2, 0.25) is 0 Å². The first-order valence-electron chi connectivity index (χ1n) is 8.88. The Labute approximate surface area is 157 Å². The Morgan fingerprint density at radius 3 is 2.70 bits per heavy atom. The van der Waals surface area contributed by atoms with Crippen LogP contribution in [0, 0.1) is 0 Å². The SMILES string of the molecule is CC(NC(=O)Cc1coc(-c2ccccc2)n1)c1ccc2c(c1)OCCO2. The molecule has 0 spiro atoms.